The average molecular weight is 329 g/mol. The van der Waals surface area contributed by atoms with Crippen LogP contribution in [-0.2, 0) is 11.8 Å². The molecule has 0 bridgehead atoms. The minimum absolute atomic E-state index is 0.0558. The van der Waals surface area contributed by atoms with Crippen molar-refractivity contribution in [2.24, 2.45) is 7.05 Å². The van der Waals surface area contributed by atoms with E-state index < -0.39 is 0 Å². The van der Waals surface area contributed by atoms with Crippen molar-refractivity contribution in [1.29, 1.82) is 0 Å². The van der Waals surface area contributed by atoms with Crippen LogP contribution >= 0.6 is 0 Å². The van der Waals surface area contributed by atoms with E-state index in [1.165, 1.54) is 0 Å². The van der Waals surface area contributed by atoms with E-state index >= 15 is 0 Å². The Bertz CT molecular complexity index is 742. The number of nitrogens with zero attached hydrogens (tertiary/aromatic N) is 3. The van der Waals surface area contributed by atoms with E-state index in [0.717, 1.165) is 56.5 Å². The van der Waals surface area contributed by atoms with Crippen LogP contribution < -0.4 is 10.6 Å². The molecule has 4 rings (SSSR count). The van der Waals surface area contributed by atoms with Crippen LogP contribution in [0.2, 0.25) is 0 Å². The number of fused-ring (bicyclic) bond motifs is 1. The van der Waals surface area contributed by atoms with Gasteiger partial charge in [0.05, 0.1) is 23.5 Å². The maximum absolute atomic E-state index is 12.7. The van der Waals surface area contributed by atoms with Crippen molar-refractivity contribution in [2.45, 2.75) is 37.3 Å². The molecular formula is C17H23N5O2. The highest BCUT2D eigenvalue weighted by atomic mass is 16.5. The molecule has 0 aliphatic carbocycles. The Morgan fingerprint density at radius 1 is 1.42 bits per heavy atom. The zero-order valence-electron chi connectivity index (χ0n) is 13.9. The van der Waals surface area contributed by atoms with Crippen LogP contribution in [-0.4, -0.2) is 51.8 Å². The number of piperidine rings is 1. The van der Waals surface area contributed by atoms with Gasteiger partial charge in [-0.1, -0.05) is 0 Å². The Morgan fingerprint density at radius 3 is 3.08 bits per heavy atom. The quantitative estimate of drug-likeness (QED) is 0.859. The third-order valence-corrected chi connectivity index (χ3v) is 5.23. The number of rotatable bonds is 2. The molecule has 2 aliphatic heterocycles. The molecule has 1 amide bonds. The summed E-state index contributed by atoms with van der Waals surface area (Å²) in [5, 5.41) is 6.57. The van der Waals surface area contributed by atoms with Crippen LogP contribution in [0.15, 0.2) is 18.6 Å². The van der Waals surface area contributed by atoms with Crippen LogP contribution in [0.4, 0.5) is 0 Å². The fourth-order valence-electron chi connectivity index (χ4n) is 3.85. The molecule has 2 N–H and O–H groups in total. The summed E-state index contributed by atoms with van der Waals surface area (Å²) in [6, 6.07) is 1.86. The Kier molecular flexibility index (Phi) is 3.97. The highest BCUT2D eigenvalue weighted by Crippen LogP contribution is 2.33. The topological polar surface area (TPSA) is 81.1 Å². The van der Waals surface area contributed by atoms with Crippen molar-refractivity contribution >= 4 is 17.1 Å². The summed E-state index contributed by atoms with van der Waals surface area (Å²) >= 11 is 0. The number of hydrogen-bond donors (Lipinski definition) is 2. The smallest absolute Gasteiger partial charge is 0.253 e. The molecule has 2 aliphatic rings. The lowest BCUT2D eigenvalue weighted by molar-refractivity contribution is -0.114. The van der Waals surface area contributed by atoms with Crippen molar-refractivity contribution in [1.82, 2.24) is 25.2 Å². The zero-order valence-corrected chi connectivity index (χ0v) is 13.9. The number of aromatic nitrogens is 3. The fourth-order valence-corrected chi connectivity index (χ4v) is 3.85. The van der Waals surface area contributed by atoms with Crippen molar-refractivity contribution in [3.05, 3.63) is 24.2 Å². The van der Waals surface area contributed by atoms with Gasteiger partial charge in [0.1, 0.15) is 5.52 Å². The van der Waals surface area contributed by atoms with Gasteiger partial charge >= 0.3 is 0 Å². The molecule has 7 nitrogen and oxygen atoms in total. The number of imidazole rings is 1. The number of carbonyl (C=O) groups is 1. The highest BCUT2D eigenvalue weighted by molar-refractivity contribution is 5.96. The van der Waals surface area contributed by atoms with Gasteiger partial charge in [-0.2, -0.15) is 0 Å². The minimum atomic E-state index is -0.221. The number of ether oxygens (including phenoxy) is 1. The van der Waals surface area contributed by atoms with Gasteiger partial charge < -0.3 is 19.9 Å². The number of carbonyl (C=O) groups excluding carboxylic acids is 1. The number of nitrogens with one attached hydrogen (secondary N) is 2. The van der Waals surface area contributed by atoms with E-state index in [2.05, 4.69) is 20.6 Å². The molecule has 2 aromatic heterocycles. The van der Waals surface area contributed by atoms with Crippen LogP contribution in [0.3, 0.4) is 0 Å². The third-order valence-electron chi connectivity index (χ3n) is 5.23. The summed E-state index contributed by atoms with van der Waals surface area (Å²) in [4.78, 5) is 21.4. The summed E-state index contributed by atoms with van der Waals surface area (Å²) in [6.07, 6.45) is 7.16. The lowest BCUT2D eigenvalue weighted by Gasteiger charge is -2.46. The van der Waals surface area contributed by atoms with Crippen LogP contribution in [0.1, 0.15) is 36.0 Å². The molecular weight excluding hydrogens is 306 g/mol. The first-order valence-electron chi connectivity index (χ1n) is 8.61. The van der Waals surface area contributed by atoms with Crippen LogP contribution in [0, 0.1) is 0 Å². The predicted molar refractivity (Wildman–Crippen MR) is 89.8 cm³/mol. The second kappa shape index (κ2) is 6.14. The van der Waals surface area contributed by atoms with Crippen molar-refractivity contribution in [3.63, 3.8) is 0 Å². The second-order valence-electron chi connectivity index (χ2n) is 6.75. The van der Waals surface area contributed by atoms with Gasteiger partial charge in [-0.3, -0.25) is 4.79 Å². The lowest BCUT2D eigenvalue weighted by Crippen LogP contribution is -2.60. The molecule has 7 heteroatoms. The molecule has 2 saturated heterocycles. The number of amides is 1. The van der Waals surface area contributed by atoms with Crippen LogP contribution in [0.25, 0.3) is 11.2 Å². The predicted octanol–water partition coefficient (Wildman–Crippen LogP) is 0.999. The zero-order chi connectivity index (χ0) is 16.6. The fraction of sp³-hybridized carbons (Fsp3) is 0.588. The Hall–Kier alpha value is -1.99. The molecule has 24 heavy (non-hydrogen) atoms. The summed E-state index contributed by atoms with van der Waals surface area (Å²) in [7, 11) is 1.89. The van der Waals surface area contributed by atoms with Gasteiger partial charge in [-0.15, -0.1) is 0 Å². The Balaban J connectivity index is 1.54. The van der Waals surface area contributed by atoms with E-state index in [4.69, 9.17) is 4.74 Å². The van der Waals surface area contributed by atoms with Gasteiger partial charge in [0.2, 0.25) is 0 Å². The molecule has 0 radical (unpaired) electrons. The average Bonchev–Trinajstić information content (AvgIpc) is 2.98. The number of aryl methyl sites for hydroxylation is 1. The van der Waals surface area contributed by atoms with Gasteiger partial charge in [-0.25, -0.2) is 9.97 Å². The molecule has 0 aromatic carbocycles. The van der Waals surface area contributed by atoms with E-state index in [0.29, 0.717) is 5.56 Å². The maximum Gasteiger partial charge on any atom is 0.253 e. The first kappa shape index (κ1) is 15.5. The number of pyridine rings is 1. The molecule has 2 aromatic rings. The first-order chi connectivity index (χ1) is 11.7. The molecule has 1 unspecified atom stereocenters. The number of hydrogen-bond acceptors (Lipinski definition) is 5. The Morgan fingerprint density at radius 2 is 2.25 bits per heavy atom. The van der Waals surface area contributed by atoms with E-state index in [1.807, 2.05) is 11.6 Å². The molecule has 4 heterocycles. The largest absolute Gasteiger partial charge is 0.373 e. The second-order valence-corrected chi connectivity index (χ2v) is 6.75. The van der Waals surface area contributed by atoms with Gasteiger partial charge in [0, 0.05) is 19.9 Å². The van der Waals surface area contributed by atoms with Gasteiger partial charge in [0.15, 0.2) is 5.65 Å². The van der Waals surface area contributed by atoms with Gasteiger partial charge in [0.25, 0.3) is 5.91 Å². The summed E-state index contributed by atoms with van der Waals surface area (Å²) in [5.74, 6) is -0.0940. The molecule has 1 spiro atoms. The van der Waals surface area contributed by atoms with Crippen LogP contribution in [0.5, 0.6) is 0 Å². The summed E-state index contributed by atoms with van der Waals surface area (Å²) in [5.41, 5.74) is 1.85. The highest BCUT2D eigenvalue weighted by Gasteiger charge is 2.43. The molecule has 2 fully saturated rings. The molecule has 128 valence electrons. The normalized spacial score (nSPS) is 23.5. The Labute approximate surface area is 140 Å². The van der Waals surface area contributed by atoms with Gasteiger partial charge in [-0.05, 0) is 44.8 Å². The minimum Gasteiger partial charge on any atom is -0.373 e. The standard InChI is InChI=1S/C17H23N5O2/c1-22-11-20-13-9-12(10-19-15(13)22)16(23)21-14-3-2-8-24-17(14)4-6-18-7-5-17/h9-11,14,18H,2-8H2,1H3,(H,21,23). The van der Waals surface area contributed by atoms with Crippen molar-refractivity contribution in [2.75, 3.05) is 19.7 Å². The van der Waals surface area contributed by atoms with E-state index in [9.17, 15) is 4.79 Å². The monoisotopic (exact) mass is 329 g/mol. The van der Waals surface area contributed by atoms with E-state index in [-0.39, 0.29) is 17.6 Å². The molecule has 1 atom stereocenters. The van der Waals surface area contributed by atoms with Crippen molar-refractivity contribution in [3.8, 4) is 0 Å². The lowest BCUT2D eigenvalue weighted by atomic mass is 9.80. The maximum atomic E-state index is 12.7. The van der Waals surface area contributed by atoms with Crippen molar-refractivity contribution < 1.29 is 9.53 Å². The van der Waals surface area contributed by atoms with E-state index in [1.54, 1.807) is 18.6 Å². The molecule has 0 saturated carbocycles. The first-order valence-corrected chi connectivity index (χ1v) is 8.61. The summed E-state index contributed by atoms with van der Waals surface area (Å²) in [6.45, 7) is 2.66. The third kappa shape index (κ3) is 2.67. The SMILES string of the molecule is Cn1cnc2cc(C(=O)NC3CCCOC34CCNCC4)cnc21. The summed E-state index contributed by atoms with van der Waals surface area (Å²) < 4.78 is 7.99.